The Bertz CT molecular complexity index is 353. The van der Waals surface area contributed by atoms with E-state index in [2.05, 4.69) is 33.3 Å². The van der Waals surface area contributed by atoms with E-state index in [9.17, 15) is 0 Å². The van der Waals surface area contributed by atoms with Gasteiger partial charge in [0, 0.05) is 48.7 Å². The van der Waals surface area contributed by atoms with Crippen LogP contribution in [0.2, 0.25) is 0 Å². The van der Waals surface area contributed by atoms with Gasteiger partial charge in [-0.1, -0.05) is 0 Å². The van der Waals surface area contributed by atoms with Gasteiger partial charge in [-0.3, -0.25) is 4.90 Å². The fraction of sp³-hybridized carbons (Fsp3) is 1.00. The fourth-order valence-electron chi connectivity index (χ4n) is 4.56. The molecule has 0 radical (unpaired) electrons. The van der Waals surface area contributed by atoms with Crippen molar-refractivity contribution in [3.05, 3.63) is 0 Å². The third-order valence-electron chi connectivity index (χ3n) is 5.93. The first kappa shape index (κ1) is 15.2. The van der Waals surface area contributed by atoms with Gasteiger partial charge in [0.1, 0.15) is 0 Å². The van der Waals surface area contributed by atoms with E-state index < -0.39 is 0 Å². The maximum atomic E-state index is 2.87. The summed E-state index contributed by atoms with van der Waals surface area (Å²) in [7, 11) is 0. The van der Waals surface area contributed by atoms with Crippen molar-refractivity contribution < 1.29 is 0 Å². The first-order valence-corrected chi connectivity index (χ1v) is 11.3. The molecule has 4 fully saturated rings. The van der Waals surface area contributed by atoms with E-state index in [4.69, 9.17) is 0 Å². The zero-order valence-electron chi connectivity index (χ0n) is 13.3. The van der Waals surface area contributed by atoms with Gasteiger partial charge in [-0.15, -0.1) is 0 Å². The maximum absolute atomic E-state index is 2.87. The summed E-state index contributed by atoms with van der Waals surface area (Å²) in [4.78, 5) is 5.69. The number of hydrogen-bond acceptors (Lipinski definition) is 4. The molecule has 120 valence electrons. The van der Waals surface area contributed by atoms with Crippen LogP contribution in [0.4, 0.5) is 0 Å². The summed E-state index contributed by atoms with van der Waals surface area (Å²) in [5.74, 6) is 6.57. The second kappa shape index (κ2) is 6.62. The molecule has 3 heterocycles. The maximum Gasteiger partial charge on any atom is 0.0277 e. The summed E-state index contributed by atoms with van der Waals surface area (Å²) in [6.07, 6.45) is 7.44. The van der Waals surface area contributed by atoms with Gasteiger partial charge in [0.15, 0.2) is 0 Å². The topological polar surface area (TPSA) is 6.48 Å². The minimum atomic E-state index is 0.661. The summed E-state index contributed by atoms with van der Waals surface area (Å²) in [5.41, 5.74) is 0.661. The van der Waals surface area contributed by atoms with Crippen LogP contribution in [0.3, 0.4) is 0 Å². The molecular weight excluding hydrogens is 296 g/mol. The van der Waals surface area contributed by atoms with Crippen LogP contribution in [0.1, 0.15) is 32.1 Å². The van der Waals surface area contributed by atoms with E-state index in [0.717, 1.165) is 12.0 Å². The summed E-state index contributed by atoms with van der Waals surface area (Å²) >= 11 is 4.38. The third-order valence-corrected chi connectivity index (χ3v) is 8.42. The van der Waals surface area contributed by atoms with E-state index in [1.165, 1.54) is 87.8 Å². The van der Waals surface area contributed by atoms with Gasteiger partial charge in [-0.05, 0) is 56.5 Å². The van der Waals surface area contributed by atoms with E-state index >= 15 is 0 Å². The molecule has 4 aliphatic rings. The second-order valence-electron chi connectivity index (χ2n) is 7.81. The highest BCUT2D eigenvalue weighted by atomic mass is 32.2. The molecule has 0 N–H and O–H groups in total. The van der Waals surface area contributed by atoms with E-state index in [1.807, 2.05) is 0 Å². The van der Waals surface area contributed by atoms with Crippen LogP contribution < -0.4 is 0 Å². The van der Waals surface area contributed by atoms with Gasteiger partial charge in [0.25, 0.3) is 0 Å². The van der Waals surface area contributed by atoms with Gasteiger partial charge >= 0.3 is 0 Å². The van der Waals surface area contributed by atoms with Gasteiger partial charge in [-0.25, -0.2) is 0 Å². The number of rotatable bonds is 3. The highest BCUT2D eigenvalue weighted by Gasteiger charge is 2.43. The molecule has 1 saturated carbocycles. The standard InChI is InChI=1S/C17H30N2S2/c1-4-17(13-18(6-1)10-15-2-3-15)5-7-19(14-17)16-11-20-8-9-21-12-16/h15-16H,1-14H2/t17-/m1/s1. The van der Waals surface area contributed by atoms with Crippen molar-refractivity contribution in [2.45, 2.75) is 38.1 Å². The molecule has 0 amide bonds. The molecule has 1 spiro atoms. The first-order chi connectivity index (χ1) is 10.3. The molecule has 0 aromatic heterocycles. The Morgan fingerprint density at radius 3 is 2.52 bits per heavy atom. The first-order valence-electron chi connectivity index (χ1n) is 8.95. The van der Waals surface area contributed by atoms with Crippen LogP contribution >= 0.6 is 23.5 Å². The van der Waals surface area contributed by atoms with Gasteiger partial charge < -0.3 is 4.90 Å². The Morgan fingerprint density at radius 2 is 1.76 bits per heavy atom. The summed E-state index contributed by atoms with van der Waals surface area (Å²) in [6.45, 7) is 6.99. The molecular formula is C17H30N2S2. The Labute approximate surface area is 138 Å². The lowest BCUT2D eigenvalue weighted by molar-refractivity contribution is 0.0860. The predicted molar refractivity (Wildman–Crippen MR) is 95.5 cm³/mol. The number of nitrogens with zero attached hydrogens (tertiary/aromatic N) is 2. The van der Waals surface area contributed by atoms with Crippen molar-refractivity contribution in [3.8, 4) is 0 Å². The summed E-state index contributed by atoms with van der Waals surface area (Å²) in [6, 6.07) is 0.862. The predicted octanol–water partition coefficient (Wildman–Crippen LogP) is 3.03. The Morgan fingerprint density at radius 1 is 0.952 bits per heavy atom. The Kier molecular flexibility index (Phi) is 4.78. The van der Waals surface area contributed by atoms with Crippen molar-refractivity contribution in [2.75, 3.05) is 55.7 Å². The Balaban J connectivity index is 1.34. The summed E-state index contributed by atoms with van der Waals surface area (Å²) < 4.78 is 0. The van der Waals surface area contributed by atoms with Crippen molar-refractivity contribution in [1.29, 1.82) is 0 Å². The minimum Gasteiger partial charge on any atom is -0.302 e. The lowest BCUT2D eigenvalue weighted by Gasteiger charge is -2.41. The molecule has 3 saturated heterocycles. The minimum absolute atomic E-state index is 0.661. The SMILES string of the molecule is C1CN(CC2CC2)C[C@@]2(C1)CCN(C1CSCCSC1)C2. The normalized spacial score (nSPS) is 37.1. The molecule has 1 aliphatic carbocycles. The van der Waals surface area contributed by atoms with Crippen LogP contribution in [0.5, 0.6) is 0 Å². The van der Waals surface area contributed by atoms with Gasteiger partial charge in [0.2, 0.25) is 0 Å². The van der Waals surface area contributed by atoms with Crippen molar-refractivity contribution in [1.82, 2.24) is 9.80 Å². The number of hydrogen-bond donors (Lipinski definition) is 0. The quantitative estimate of drug-likeness (QED) is 0.786. The highest BCUT2D eigenvalue weighted by Crippen LogP contribution is 2.41. The molecule has 3 aliphatic heterocycles. The fourth-order valence-corrected chi connectivity index (χ4v) is 7.19. The molecule has 0 unspecified atom stereocenters. The molecule has 4 heteroatoms. The smallest absolute Gasteiger partial charge is 0.0277 e. The zero-order valence-corrected chi connectivity index (χ0v) is 14.9. The number of likely N-dealkylation sites (tertiary alicyclic amines) is 2. The highest BCUT2D eigenvalue weighted by molar-refractivity contribution is 8.03. The Hall–Kier alpha value is 0.620. The van der Waals surface area contributed by atoms with E-state index in [1.54, 1.807) is 0 Å². The van der Waals surface area contributed by atoms with Crippen LogP contribution in [-0.2, 0) is 0 Å². The van der Waals surface area contributed by atoms with Gasteiger partial charge in [-0.2, -0.15) is 23.5 Å². The van der Waals surface area contributed by atoms with Crippen LogP contribution in [-0.4, -0.2) is 71.6 Å². The molecule has 0 bridgehead atoms. The largest absolute Gasteiger partial charge is 0.302 e. The van der Waals surface area contributed by atoms with Crippen molar-refractivity contribution >= 4 is 23.5 Å². The summed E-state index contributed by atoms with van der Waals surface area (Å²) in [5, 5.41) is 0. The molecule has 0 aromatic rings. The monoisotopic (exact) mass is 326 g/mol. The second-order valence-corrected chi connectivity index (χ2v) is 10.1. The number of thioether (sulfide) groups is 2. The van der Waals surface area contributed by atoms with E-state index in [-0.39, 0.29) is 0 Å². The molecule has 2 nitrogen and oxygen atoms in total. The van der Waals surface area contributed by atoms with Crippen LogP contribution in [0.25, 0.3) is 0 Å². The van der Waals surface area contributed by atoms with Crippen molar-refractivity contribution in [2.24, 2.45) is 11.3 Å². The van der Waals surface area contributed by atoms with E-state index in [0.29, 0.717) is 5.41 Å². The van der Waals surface area contributed by atoms with Crippen LogP contribution in [0, 0.1) is 11.3 Å². The van der Waals surface area contributed by atoms with Crippen LogP contribution in [0.15, 0.2) is 0 Å². The lowest BCUT2D eigenvalue weighted by atomic mass is 9.79. The molecule has 4 rings (SSSR count). The lowest BCUT2D eigenvalue weighted by Crippen LogP contribution is -2.47. The van der Waals surface area contributed by atoms with Crippen molar-refractivity contribution in [3.63, 3.8) is 0 Å². The third kappa shape index (κ3) is 3.76. The number of piperidine rings is 1. The molecule has 0 aromatic carbocycles. The molecule has 1 atom stereocenters. The average molecular weight is 327 g/mol. The zero-order chi connectivity index (χ0) is 14.1. The molecule has 21 heavy (non-hydrogen) atoms. The average Bonchev–Trinajstić information content (AvgIpc) is 3.26. The van der Waals surface area contributed by atoms with Gasteiger partial charge in [0.05, 0.1) is 0 Å².